The molecule has 0 bridgehead atoms. The van der Waals surface area contributed by atoms with E-state index < -0.39 is 18.6 Å². The monoisotopic (exact) mass is 416 g/mol. The number of furan rings is 1. The van der Waals surface area contributed by atoms with Crippen LogP contribution in [-0.4, -0.2) is 44.0 Å². The van der Waals surface area contributed by atoms with Crippen LogP contribution in [0.3, 0.4) is 0 Å². The van der Waals surface area contributed by atoms with E-state index >= 15 is 0 Å². The van der Waals surface area contributed by atoms with Crippen molar-refractivity contribution in [1.29, 1.82) is 0 Å². The molecule has 0 aliphatic heterocycles. The summed E-state index contributed by atoms with van der Waals surface area (Å²) in [6.07, 6.45) is -3.14. The fourth-order valence-electron chi connectivity index (χ4n) is 2.32. The van der Waals surface area contributed by atoms with E-state index in [0.717, 1.165) is 21.5 Å². The van der Waals surface area contributed by atoms with Gasteiger partial charge < -0.3 is 13.9 Å². The number of thiophene rings is 1. The summed E-state index contributed by atoms with van der Waals surface area (Å²) >= 11 is 2.54. The molecule has 1 amide bonds. The molecule has 0 atom stereocenters. The summed E-state index contributed by atoms with van der Waals surface area (Å²) in [5.74, 6) is 0.0843. The minimum absolute atomic E-state index is 0.187. The van der Waals surface area contributed by atoms with Gasteiger partial charge in [0.05, 0.1) is 23.4 Å². The van der Waals surface area contributed by atoms with Gasteiger partial charge in [-0.2, -0.15) is 13.2 Å². The molecule has 0 aliphatic rings. The number of nitrogens with zero attached hydrogens (tertiary/aromatic N) is 4. The summed E-state index contributed by atoms with van der Waals surface area (Å²) < 4.78 is 45.3. The zero-order valence-corrected chi connectivity index (χ0v) is 15.8. The molecule has 0 radical (unpaired) electrons. The van der Waals surface area contributed by atoms with Crippen molar-refractivity contribution in [1.82, 2.24) is 19.7 Å². The van der Waals surface area contributed by atoms with E-state index in [1.165, 1.54) is 23.7 Å². The van der Waals surface area contributed by atoms with Gasteiger partial charge in [0, 0.05) is 7.05 Å². The zero-order valence-electron chi connectivity index (χ0n) is 14.1. The van der Waals surface area contributed by atoms with Crippen molar-refractivity contribution in [2.24, 2.45) is 7.05 Å². The lowest BCUT2D eigenvalue weighted by atomic mass is 10.3. The highest BCUT2D eigenvalue weighted by Crippen LogP contribution is 2.26. The van der Waals surface area contributed by atoms with Gasteiger partial charge in [-0.05, 0) is 23.6 Å². The molecule has 0 aliphatic carbocycles. The normalized spacial score (nSPS) is 11.7. The lowest BCUT2D eigenvalue weighted by Gasteiger charge is -2.22. The number of carbonyl (C=O) groups excluding carboxylic acids is 1. The Morgan fingerprint density at radius 3 is 2.78 bits per heavy atom. The van der Waals surface area contributed by atoms with E-state index in [2.05, 4.69) is 10.2 Å². The molecule has 3 rings (SSSR count). The van der Waals surface area contributed by atoms with Gasteiger partial charge in [-0.1, -0.05) is 17.8 Å². The first-order chi connectivity index (χ1) is 12.8. The van der Waals surface area contributed by atoms with E-state index in [0.29, 0.717) is 11.0 Å². The van der Waals surface area contributed by atoms with Crippen LogP contribution >= 0.6 is 23.1 Å². The standard InChI is InChI=1S/C16H15F3N4O2S2/c1-22-14(12-5-3-7-26-12)20-21-15(22)27-9-13(24)23(10-16(17,18)19)8-11-4-2-6-25-11/h2-7H,8-10H2,1H3. The first kappa shape index (κ1) is 19.5. The van der Waals surface area contributed by atoms with Gasteiger partial charge in [0.2, 0.25) is 5.91 Å². The molecule has 0 spiro atoms. The summed E-state index contributed by atoms with van der Waals surface area (Å²) in [5.41, 5.74) is 0. The molecular formula is C16H15F3N4O2S2. The number of hydrogen-bond donors (Lipinski definition) is 0. The predicted molar refractivity (Wildman–Crippen MR) is 95.2 cm³/mol. The average Bonchev–Trinajstić information content (AvgIpc) is 3.33. The van der Waals surface area contributed by atoms with E-state index in [-0.39, 0.29) is 18.1 Å². The van der Waals surface area contributed by atoms with Crippen molar-refractivity contribution in [2.75, 3.05) is 12.3 Å². The quantitative estimate of drug-likeness (QED) is 0.548. The Balaban J connectivity index is 1.67. The van der Waals surface area contributed by atoms with E-state index in [1.54, 1.807) is 17.7 Å². The van der Waals surface area contributed by atoms with Crippen LogP contribution in [0.15, 0.2) is 45.5 Å². The van der Waals surface area contributed by atoms with E-state index in [4.69, 9.17) is 4.42 Å². The predicted octanol–water partition coefficient (Wildman–Crippen LogP) is 3.82. The number of amides is 1. The molecule has 0 N–H and O–H groups in total. The molecule has 0 fully saturated rings. The van der Waals surface area contributed by atoms with Crippen LogP contribution in [0.4, 0.5) is 13.2 Å². The maximum atomic E-state index is 12.8. The number of hydrogen-bond acceptors (Lipinski definition) is 6. The van der Waals surface area contributed by atoms with Gasteiger partial charge >= 0.3 is 6.18 Å². The smallest absolute Gasteiger partial charge is 0.406 e. The van der Waals surface area contributed by atoms with Crippen LogP contribution in [0.25, 0.3) is 10.7 Å². The second kappa shape index (κ2) is 8.17. The number of carbonyl (C=O) groups is 1. The zero-order chi connectivity index (χ0) is 19.4. The highest BCUT2D eigenvalue weighted by molar-refractivity contribution is 7.99. The van der Waals surface area contributed by atoms with Gasteiger partial charge in [0.25, 0.3) is 0 Å². The minimum atomic E-state index is -4.50. The minimum Gasteiger partial charge on any atom is -0.467 e. The van der Waals surface area contributed by atoms with Crippen LogP contribution in [0, 0.1) is 0 Å². The topological polar surface area (TPSA) is 64.2 Å². The summed E-state index contributed by atoms with van der Waals surface area (Å²) in [6, 6.07) is 6.86. The number of aromatic nitrogens is 3. The number of alkyl halides is 3. The van der Waals surface area contributed by atoms with Crippen LogP contribution < -0.4 is 0 Å². The number of thioether (sulfide) groups is 1. The Bertz CT molecular complexity index is 876. The van der Waals surface area contributed by atoms with Gasteiger partial charge in [0.15, 0.2) is 11.0 Å². The summed E-state index contributed by atoms with van der Waals surface area (Å²) in [6.45, 7) is -1.59. The van der Waals surface area contributed by atoms with Crippen molar-refractivity contribution in [3.05, 3.63) is 41.7 Å². The summed E-state index contributed by atoms with van der Waals surface area (Å²) in [7, 11) is 1.75. The summed E-state index contributed by atoms with van der Waals surface area (Å²) in [4.78, 5) is 14.0. The van der Waals surface area contributed by atoms with Crippen molar-refractivity contribution >= 4 is 29.0 Å². The lowest BCUT2D eigenvalue weighted by Crippen LogP contribution is -2.39. The van der Waals surface area contributed by atoms with E-state index in [9.17, 15) is 18.0 Å². The van der Waals surface area contributed by atoms with Crippen molar-refractivity contribution < 1.29 is 22.4 Å². The first-order valence-corrected chi connectivity index (χ1v) is 9.63. The molecule has 0 saturated heterocycles. The molecule has 3 aromatic heterocycles. The fraction of sp³-hybridized carbons (Fsp3) is 0.312. The van der Waals surface area contributed by atoms with Crippen LogP contribution in [-0.2, 0) is 18.4 Å². The highest BCUT2D eigenvalue weighted by Gasteiger charge is 2.33. The van der Waals surface area contributed by atoms with Gasteiger partial charge in [-0.15, -0.1) is 21.5 Å². The first-order valence-electron chi connectivity index (χ1n) is 7.76. The Kier molecular flexibility index (Phi) is 5.90. The molecule has 11 heteroatoms. The van der Waals surface area contributed by atoms with Crippen LogP contribution in [0.5, 0.6) is 0 Å². The van der Waals surface area contributed by atoms with Gasteiger partial charge in [-0.3, -0.25) is 4.79 Å². The second-order valence-corrected chi connectivity index (χ2v) is 7.47. The van der Waals surface area contributed by atoms with Crippen molar-refractivity contribution in [3.63, 3.8) is 0 Å². The highest BCUT2D eigenvalue weighted by atomic mass is 32.2. The molecule has 6 nitrogen and oxygen atoms in total. The molecule has 0 aromatic carbocycles. The van der Waals surface area contributed by atoms with Crippen LogP contribution in [0.2, 0.25) is 0 Å². The Morgan fingerprint density at radius 2 is 2.15 bits per heavy atom. The maximum absolute atomic E-state index is 12.8. The molecule has 0 unspecified atom stereocenters. The number of rotatable bonds is 7. The average molecular weight is 416 g/mol. The van der Waals surface area contributed by atoms with Gasteiger partial charge in [0.1, 0.15) is 12.3 Å². The number of halogens is 3. The maximum Gasteiger partial charge on any atom is 0.406 e. The third kappa shape index (κ3) is 5.13. The Morgan fingerprint density at radius 1 is 1.33 bits per heavy atom. The lowest BCUT2D eigenvalue weighted by molar-refractivity contribution is -0.161. The molecule has 144 valence electrons. The molecule has 3 aromatic rings. The summed E-state index contributed by atoms with van der Waals surface area (Å²) in [5, 5.41) is 10.5. The van der Waals surface area contributed by atoms with E-state index in [1.807, 2.05) is 17.5 Å². The van der Waals surface area contributed by atoms with Crippen molar-refractivity contribution in [2.45, 2.75) is 17.9 Å². The molecular weight excluding hydrogens is 401 g/mol. The molecule has 27 heavy (non-hydrogen) atoms. The Hall–Kier alpha value is -2.27. The third-order valence-corrected chi connectivity index (χ3v) is 5.42. The van der Waals surface area contributed by atoms with Crippen molar-refractivity contribution in [3.8, 4) is 10.7 Å². The van der Waals surface area contributed by atoms with Crippen LogP contribution in [0.1, 0.15) is 5.76 Å². The molecule has 0 saturated carbocycles. The second-order valence-electron chi connectivity index (χ2n) is 5.58. The van der Waals surface area contributed by atoms with Gasteiger partial charge in [-0.25, -0.2) is 0 Å². The molecule has 3 heterocycles. The third-order valence-electron chi connectivity index (χ3n) is 3.55. The fourth-order valence-corrected chi connectivity index (χ4v) is 3.88. The Labute approximate surface area is 161 Å². The SMILES string of the molecule is Cn1c(SCC(=O)N(Cc2ccco2)CC(F)(F)F)nnc1-c1cccs1. The largest absolute Gasteiger partial charge is 0.467 e.